The maximum Gasteiger partial charge on any atom is 0.240 e. The van der Waals surface area contributed by atoms with E-state index in [0.717, 1.165) is 28.6 Å². The van der Waals surface area contributed by atoms with Crippen LogP contribution >= 0.6 is 0 Å². The zero-order valence-electron chi connectivity index (χ0n) is 22.0. The molecule has 0 spiro atoms. The number of hydrogen-bond donors (Lipinski definition) is 1. The molecule has 0 aliphatic rings. The number of sulfonamides is 1. The van der Waals surface area contributed by atoms with Crippen LogP contribution in [0.15, 0.2) is 96.4 Å². The highest BCUT2D eigenvalue weighted by molar-refractivity contribution is 7.92. The van der Waals surface area contributed by atoms with E-state index in [2.05, 4.69) is 5.32 Å². The van der Waals surface area contributed by atoms with Gasteiger partial charge in [-0.15, -0.1) is 0 Å². The lowest BCUT2D eigenvalue weighted by Gasteiger charge is -2.20. The van der Waals surface area contributed by atoms with Gasteiger partial charge in [0.25, 0.3) is 0 Å². The van der Waals surface area contributed by atoms with E-state index in [1.54, 1.807) is 17.9 Å². The quantitative estimate of drug-likeness (QED) is 0.251. The molecule has 3 aromatic carbocycles. The SMILES string of the molecule is CCCCN(CC(=O)Nc1cc(-c2ccccc2)nn1-c1ccc(OC)cc1)S(=O)(=O)/C=C/c1ccccc1. The van der Waals surface area contributed by atoms with Gasteiger partial charge in [-0.1, -0.05) is 74.0 Å². The van der Waals surface area contributed by atoms with Gasteiger partial charge < -0.3 is 10.1 Å². The maximum atomic E-state index is 13.2. The second kappa shape index (κ2) is 13.0. The highest BCUT2D eigenvalue weighted by Crippen LogP contribution is 2.26. The third-order valence-electron chi connectivity index (χ3n) is 6.04. The van der Waals surface area contributed by atoms with Gasteiger partial charge in [-0.2, -0.15) is 9.40 Å². The monoisotopic (exact) mass is 544 g/mol. The Bertz CT molecular complexity index is 1500. The number of aromatic nitrogens is 2. The number of hydrogen-bond acceptors (Lipinski definition) is 5. The van der Waals surface area contributed by atoms with Crippen molar-refractivity contribution in [2.24, 2.45) is 0 Å². The van der Waals surface area contributed by atoms with E-state index in [9.17, 15) is 13.2 Å². The van der Waals surface area contributed by atoms with E-state index >= 15 is 0 Å². The van der Waals surface area contributed by atoms with Gasteiger partial charge in [0.15, 0.2) is 0 Å². The van der Waals surface area contributed by atoms with Crippen LogP contribution in [-0.2, 0) is 14.8 Å². The van der Waals surface area contributed by atoms with Crippen molar-refractivity contribution in [3.05, 3.63) is 102 Å². The zero-order chi connectivity index (χ0) is 27.7. The molecule has 39 heavy (non-hydrogen) atoms. The van der Waals surface area contributed by atoms with Crippen LogP contribution in [-0.4, -0.2) is 48.6 Å². The molecule has 0 saturated carbocycles. The van der Waals surface area contributed by atoms with Gasteiger partial charge in [0.05, 0.1) is 25.0 Å². The third-order valence-corrected chi connectivity index (χ3v) is 7.55. The summed E-state index contributed by atoms with van der Waals surface area (Å²) < 4.78 is 34.4. The fraction of sp³-hybridized carbons (Fsp3) is 0.200. The Labute approximate surface area is 229 Å². The molecule has 0 unspecified atom stereocenters. The predicted octanol–water partition coefficient (Wildman–Crippen LogP) is 5.59. The fourth-order valence-corrected chi connectivity index (χ4v) is 5.11. The maximum absolute atomic E-state index is 13.2. The molecule has 1 heterocycles. The molecule has 0 fully saturated rings. The van der Waals surface area contributed by atoms with Crippen LogP contribution in [0.3, 0.4) is 0 Å². The van der Waals surface area contributed by atoms with E-state index in [1.165, 1.54) is 10.4 Å². The van der Waals surface area contributed by atoms with Gasteiger partial charge in [0.1, 0.15) is 11.6 Å². The molecule has 0 bridgehead atoms. The van der Waals surface area contributed by atoms with E-state index < -0.39 is 15.9 Å². The van der Waals surface area contributed by atoms with Crippen molar-refractivity contribution in [1.29, 1.82) is 0 Å². The minimum atomic E-state index is -3.83. The van der Waals surface area contributed by atoms with Crippen molar-refractivity contribution in [2.45, 2.75) is 19.8 Å². The molecular formula is C30H32N4O4S. The number of amides is 1. The number of ether oxygens (including phenoxy) is 1. The Balaban J connectivity index is 1.59. The first-order valence-corrected chi connectivity index (χ1v) is 14.2. The lowest BCUT2D eigenvalue weighted by atomic mass is 10.2. The van der Waals surface area contributed by atoms with Gasteiger partial charge in [-0.05, 0) is 42.3 Å². The molecule has 8 nitrogen and oxygen atoms in total. The number of rotatable bonds is 12. The summed E-state index contributed by atoms with van der Waals surface area (Å²) in [4.78, 5) is 13.2. The lowest BCUT2D eigenvalue weighted by molar-refractivity contribution is -0.116. The van der Waals surface area contributed by atoms with Gasteiger partial charge >= 0.3 is 0 Å². The molecule has 0 aliphatic carbocycles. The first-order chi connectivity index (χ1) is 18.9. The minimum Gasteiger partial charge on any atom is -0.497 e. The van der Waals surface area contributed by atoms with Crippen molar-refractivity contribution >= 4 is 27.8 Å². The molecule has 1 aromatic heterocycles. The summed E-state index contributed by atoms with van der Waals surface area (Å²) in [5.41, 5.74) is 3.04. The molecule has 1 N–H and O–H groups in total. The Morgan fingerprint density at radius 3 is 2.31 bits per heavy atom. The van der Waals surface area contributed by atoms with Crippen LogP contribution in [0.1, 0.15) is 25.3 Å². The Kier molecular flexibility index (Phi) is 9.30. The molecule has 0 aliphatic heterocycles. The molecule has 202 valence electrons. The smallest absolute Gasteiger partial charge is 0.240 e. The predicted molar refractivity (Wildman–Crippen MR) is 155 cm³/mol. The first kappa shape index (κ1) is 27.8. The van der Waals surface area contributed by atoms with Crippen LogP contribution in [0.4, 0.5) is 5.82 Å². The molecule has 0 saturated heterocycles. The third kappa shape index (κ3) is 7.43. The van der Waals surface area contributed by atoms with Gasteiger partial charge in [0, 0.05) is 23.6 Å². The summed E-state index contributed by atoms with van der Waals surface area (Å²) in [5.74, 6) is 0.661. The van der Waals surface area contributed by atoms with Crippen molar-refractivity contribution < 1.29 is 17.9 Å². The van der Waals surface area contributed by atoms with Crippen molar-refractivity contribution in [2.75, 3.05) is 25.5 Å². The molecule has 1 amide bonds. The molecule has 4 rings (SSSR count). The molecular weight excluding hydrogens is 512 g/mol. The van der Waals surface area contributed by atoms with Crippen LogP contribution in [0, 0.1) is 0 Å². The highest BCUT2D eigenvalue weighted by Gasteiger charge is 2.23. The summed E-state index contributed by atoms with van der Waals surface area (Å²) in [6.07, 6.45) is 2.96. The van der Waals surface area contributed by atoms with Crippen LogP contribution < -0.4 is 10.1 Å². The highest BCUT2D eigenvalue weighted by atomic mass is 32.2. The minimum absolute atomic E-state index is 0.235. The number of carbonyl (C=O) groups is 1. The van der Waals surface area contributed by atoms with E-state index in [0.29, 0.717) is 23.7 Å². The Morgan fingerprint density at radius 2 is 1.67 bits per heavy atom. The van der Waals surface area contributed by atoms with Gasteiger partial charge in [0.2, 0.25) is 15.9 Å². The lowest BCUT2D eigenvalue weighted by Crippen LogP contribution is -2.37. The number of methoxy groups -OCH3 is 1. The number of nitrogens with one attached hydrogen (secondary N) is 1. The molecule has 0 atom stereocenters. The van der Waals surface area contributed by atoms with Crippen molar-refractivity contribution in [3.8, 4) is 22.7 Å². The normalized spacial score (nSPS) is 11.7. The topological polar surface area (TPSA) is 93.5 Å². The molecule has 0 radical (unpaired) electrons. The number of unbranched alkanes of at least 4 members (excludes halogenated alkanes) is 1. The van der Waals surface area contributed by atoms with E-state index in [1.807, 2.05) is 91.9 Å². The van der Waals surface area contributed by atoms with Crippen molar-refractivity contribution in [3.63, 3.8) is 0 Å². The Morgan fingerprint density at radius 1 is 1.00 bits per heavy atom. The average molecular weight is 545 g/mol. The standard InChI is InChI=1S/C30H32N4O4S/c1-3-4-20-33(39(36,37)21-19-24-11-7-5-8-12-24)23-30(35)31-29-22-28(25-13-9-6-10-14-25)32-34(29)26-15-17-27(38-2)18-16-26/h5-19,21-22H,3-4,20,23H2,1-2H3,(H,31,35)/b21-19+. The number of benzene rings is 3. The first-order valence-electron chi connectivity index (χ1n) is 12.7. The summed E-state index contributed by atoms with van der Waals surface area (Å²) in [5, 5.41) is 8.75. The molecule has 4 aromatic rings. The summed E-state index contributed by atoms with van der Waals surface area (Å²) in [6, 6.07) is 27.9. The summed E-state index contributed by atoms with van der Waals surface area (Å²) >= 11 is 0. The largest absolute Gasteiger partial charge is 0.497 e. The Hall–Kier alpha value is -4.21. The second-order valence-electron chi connectivity index (χ2n) is 8.88. The second-order valence-corrected chi connectivity index (χ2v) is 10.7. The van der Waals surface area contributed by atoms with Crippen LogP contribution in [0.5, 0.6) is 5.75 Å². The number of nitrogens with zero attached hydrogens (tertiary/aromatic N) is 3. The summed E-state index contributed by atoms with van der Waals surface area (Å²) in [7, 11) is -2.24. The van der Waals surface area contributed by atoms with E-state index in [-0.39, 0.29) is 13.1 Å². The van der Waals surface area contributed by atoms with Crippen molar-refractivity contribution in [1.82, 2.24) is 14.1 Å². The van der Waals surface area contributed by atoms with E-state index in [4.69, 9.17) is 9.84 Å². The average Bonchev–Trinajstić information content (AvgIpc) is 3.38. The van der Waals surface area contributed by atoms with Gasteiger partial charge in [-0.25, -0.2) is 13.1 Å². The van der Waals surface area contributed by atoms with Crippen LogP contribution in [0.25, 0.3) is 23.0 Å². The van der Waals surface area contributed by atoms with Gasteiger partial charge in [-0.3, -0.25) is 4.79 Å². The number of anilines is 1. The number of carbonyl (C=O) groups excluding carboxylic acids is 1. The molecule has 9 heteroatoms. The van der Waals surface area contributed by atoms with Crippen LogP contribution in [0.2, 0.25) is 0 Å². The zero-order valence-corrected chi connectivity index (χ0v) is 22.8. The fourth-order valence-electron chi connectivity index (χ4n) is 3.93. The summed E-state index contributed by atoms with van der Waals surface area (Å²) in [6.45, 7) is 1.89.